The molecule has 2 aromatic rings. The van der Waals surface area contributed by atoms with Crippen molar-refractivity contribution in [3.8, 4) is 23.3 Å². The van der Waals surface area contributed by atoms with Crippen molar-refractivity contribution in [3.05, 3.63) is 48.0 Å². The first-order valence-corrected chi connectivity index (χ1v) is 5.34. The molecule has 0 spiro atoms. The number of methoxy groups -OCH3 is 1. The fourth-order valence-electron chi connectivity index (χ4n) is 1.50. The van der Waals surface area contributed by atoms with Crippen molar-refractivity contribution in [1.82, 2.24) is 0 Å². The normalized spacial score (nSPS) is 9.56. The Morgan fingerprint density at radius 3 is 2.33 bits per heavy atom. The van der Waals surface area contributed by atoms with E-state index in [1.807, 2.05) is 6.07 Å². The Labute approximate surface area is 105 Å². The SMILES string of the molecule is COc1cc(Oc2ccc(N)cc2)ccc1C#N. The minimum atomic E-state index is 0.474. The molecule has 0 saturated heterocycles. The summed E-state index contributed by atoms with van der Waals surface area (Å²) < 4.78 is 10.7. The van der Waals surface area contributed by atoms with E-state index in [9.17, 15) is 0 Å². The molecule has 0 saturated carbocycles. The van der Waals surface area contributed by atoms with Gasteiger partial charge in [-0.15, -0.1) is 0 Å². The van der Waals surface area contributed by atoms with Gasteiger partial charge in [0.15, 0.2) is 0 Å². The second-order valence-electron chi connectivity index (χ2n) is 3.64. The van der Waals surface area contributed by atoms with Crippen LogP contribution in [0.5, 0.6) is 17.2 Å². The fourth-order valence-corrected chi connectivity index (χ4v) is 1.50. The van der Waals surface area contributed by atoms with E-state index in [0.29, 0.717) is 28.5 Å². The zero-order chi connectivity index (χ0) is 13.0. The van der Waals surface area contributed by atoms with Gasteiger partial charge >= 0.3 is 0 Å². The maximum Gasteiger partial charge on any atom is 0.140 e. The number of benzene rings is 2. The number of hydrogen-bond donors (Lipinski definition) is 1. The molecule has 0 bridgehead atoms. The molecule has 4 nitrogen and oxygen atoms in total. The molecule has 0 aliphatic heterocycles. The van der Waals surface area contributed by atoms with Crippen LogP contribution in [-0.2, 0) is 0 Å². The lowest BCUT2D eigenvalue weighted by atomic mass is 10.2. The molecule has 0 radical (unpaired) electrons. The van der Waals surface area contributed by atoms with Gasteiger partial charge in [0, 0.05) is 11.8 Å². The maximum atomic E-state index is 8.88. The van der Waals surface area contributed by atoms with Crippen molar-refractivity contribution in [2.45, 2.75) is 0 Å². The van der Waals surface area contributed by atoms with Crippen LogP contribution in [0.2, 0.25) is 0 Å². The summed E-state index contributed by atoms with van der Waals surface area (Å²) in [5.74, 6) is 1.78. The first kappa shape index (κ1) is 11.8. The van der Waals surface area contributed by atoms with Gasteiger partial charge < -0.3 is 15.2 Å². The lowest BCUT2D eigenvalue weighted by Crippen LogP contribution is -1.90. The van der Waals surface area contributed by atoms with E-state index >= 15 is 0 Å². The van der Waals surface area contributed by atoms with E-state index in [1.54, 1.807) is 42.5 Å². The lowest BCUT2D eigenvalue weighted by molar-refractivity contribution is 0.407. The minimum Gasteiger partial charge on any atom is -0.495 e. The topological polar surface area (TPSA) is 68.3 Å². The molecule has 0 aliphatic carbocycles. The smallest absolute Gasteiger partial charge is 0.140 e. The van der Waals surface area contributed by atoms with E-state index in [-0.39, 0.29) is 0 Å². The average molecular weight is 240 g/mol. The summed E-state index contributed by atoms with van der Waals surface area (Å²) >= 11 is 0. The van der Waals surface area contributed by atoms with Gasteiger partial charge in [-0.25, -0.2) is 0 Å². The number of rotatable bonds is 3. The molecule has 0 unspecified atom stereocenters. The predicted octanol–water partition coefficient (Wildman–Crippen LogP) is 2.94. The highest BCUT2D eigenvalue weighted by Crippen LogP contribution is 2.28. The van der Waals surface area contributed by atoms with E-state index < -0.39 is 0 Å². The molecule has 0 fully saturated rings. The van der Waals surface area contributed by atoms with E-state index in [4.69, 9.17) is 20.5 Å². The molecule has 90 valence electrons. The van der Waals surface area contributed by atoms with Crippen LogP contribution in [0.1, 0.15) is 5.56 Å². The van der Waals surface area contributed by atoms with Gasteiger partial charge in [-0.05, 0) is 36.4 Å². The standard InChI is InChI=1S/C14H12N2O2/c1-17-14-8-13(5-2-10(14)9-15)18-12-6-3-11(16)4-7-12/h2-8H,16H2,1H3. The van der Waals surface area contributed by atoms with Crippen molar-refractivity contribution < 1.29 is 9.47 Å². The first-order valence-electron chi connectivity index (χ1n) is 5.34. The van der Waals surface area contributed by atoms with Crippen LogP contribution in [0.25, 0.3) is 0 Å². The van der Waals surface area contributed by atoms with Crippen LogP contribution in [0, 0.1) is 11.3 Å². The van der Waals surface area contributed by atoms with Crippen LogP contribution >= 0.6 is 0 Å². The summed E-state index contributed by atoms with van der Waals surface area (Å²) in [6, 6.07) is 14.2. The first-order chi connectivity index (χ1) is 8.72. The molecule has 0 aliphatic rings. The monoisotopic (exact) mass is 240 g/mol. The number of nitrogens with zero attached hydrogens (tertiary/aromatic N) is 1. The Bertz CT molecular complexity index is 586. The maximum absolute atomic E-state index is 8.88. The molecule has 0 heterocycles. The predicted molar refractivity (Wildman–Crippen MR) is 68.6 cm³/mol. The molecule has 0 aromatic heterocycles. The number of anilines is 1. The number of ether oxygens (including phenoxy) is 2. The highest BCUT2D eigenvalue weighted by molar-refractivity contribution is 5.49. The largest absolute Gasteiger partial charge is 0.495 e. The van der Waals surface area contributed by atoms with E-state index in [2.05, 4.69) is 0 Å². The van der Waals surface area contributed by atoms with Crippen molar-refractivity contribution >= 4 is 5.69 Å². The lowest BCUT2D eigenvalue weighted by Gasteiger charge is -2.08. The average Bonchev–Trinajstić information content (AvgIpc) is 2.41. The summed E-state index contributed by atoms with van der Waals surface area (Å²) in [5.41, 5.74) is 6.75. The molecule has 2 aromatic carbocycles. The second-order valence-corrected chi connectivity index (χ2v) is 3.64. The Morgan fingerprint density at radius 1 is 1.06 bits per heavy atom. The number of nitriles is 1. The summed E-state index contributed by atoms with van der Waals surface area (Å²) in [5, 5.41) is 8.88. The van der Waals surface area contributed by atoms with E-state index in [0.717, 1.165) is 0 Å². The van der Waals surface area contributed by atoms with Gasteiger partial charge in [-0.3, -0.25) is 0 Å². The van der Waals surface area contributed by atoms with Crippen LogP contribution in [0.3, 0.4) is 0 Å². The van der Waals surface area contributed by atoms with Crippen molar-refractivity contribution in [3.63, 3.8) is 0 Å². The van der Waals surface area contributed by atoms with Gasteiger partial charge in [0.05, 0.1) is 12.7 Å². The zero-order valence-electron chi connectivity index (χ0n) is 9.88. The van der Waals surface area contributed by atoms with Crippen LogP contribution in [0.15, 0.2) is 42.5 Å². The van der Waals surface area contributed by atoms with Gasteiger partial charge in [0.25, 0.3) is 0 Å². The Balaban J connectivity index is 2.25. The molecular weight excluding hydrogens is 228 g/mol. The Morgan fingerprint density at radius 2 is 1.72 bits per heavy atom. The van der Waals surface area contributed by atoms with Crippen molar-refractivity contribution in [2.24, 2.45) is 0 Å². The number of nitrogen functional groups attached to an aromatic ring is 1. The van der Waals surface area contributed by atoms with Crippen LogP contribution < -0.4 is 15.2 Å². The molecule has 0 atom stereocenters. The van der Waals surface area contributed by atoms with Crippen LogP contribution in [-0.4, -0.2) is 7.11 Å². The minimum absolute atomic E-state index is 0.474. The second kappa shape index (κ2) is 5.11. The van der Waals surface area contributed by atoms with Gasteiger partial charge in [0.1, 0.15) is 23.3 Å². The molecular formula is C14H12N2O2. The Hall–Kier alpha value is -2.67. The van der Waals surface area contributed by atoms with Gasteiger partial charge in [-0.2, -0.15) is 5.26 Å². The summed E-state index contributed by atoms with van der Waals surface area (Å²) in [6.45, 7) is 0. The van der Waals surface area contributed by atoms with Gasteiger partial charge in [-0.1, -0.05) is 0 Å². The third-order valence-corrected chi connectivity index (χ3v) is 2.41. The molecule has 4 heteroatoms. The Kier molecular flexibility index (Phi) is 3.35. The molecule has 2 rings (SSSR count). The molecule has 18 heavy (non-hydrogen) atoms. The zero-order valence-corrected chi connectivity index (χ0v) is 9.88. The van der Waals surface area contributed by atoms with E-state index in [1.165, 1.54) is 7.11 Å². The number of nitrogens with two attached hydrogens (primary N) is 1. The summed E-state index contributed by atoms with van der Waals surface area (Å²) in [4.78, 5) is 0. The summed E-state index contributed by atoms with van der Waals surface area (Å²) in [7, 11) is 1.52. The third kappa shape index (κ3) is 2.53. The highest BCUT2D eigenvalue weighted by Gasteiger charge is 2.05. The summed E-state index contributed by atoms with van der Waals surface area (Å²) in [6.07, 6.45) is 0. The quantitative estimate of drug-likeness (QED) is 0.837. The van der Waals surface area contributed by atoms with Gasteiger partial charge in [0.2, 0.25) is 0 Å². The third-order valence-electron chi connectivity index (χ3n) is 2.41. The fraction of sp³-hybridized carbons (Fsp3) is 0.0714. The molecule has 0 amide bonds. The van der Waals surface area contributed by atoms with Crippen molar-refractivity contribution in [1.29, 1.82) is 5.26 Å². The highest BCUT2D eigenvalue weighted by atomic mass is 16.5. The van der Waals surface area contributed by atoms with Crippen LogP contribution in [0.4, 0.5) is 5.69 Å². The van der Waals surface area contributed by atoms with Crippen molar-refractivity contribution in [2.75, 3.05) is 12.8 Å². The molecule has 2 N–H and O–H groups in total. The number of hydrogen-bond acceptors (Lipinski definition) is 4.